The van der Waals surface area contributed by atoms with Crippen molar-refractivity contribution in [3.8, 4) is 0 Å². The number of imidazole rings is 1. The molecule has 1 N–H and O–H groups in total. The predicted octanol–water partition coefficient (Wildman–Crippen LogP) is 2.42. The molecule has 1 aliphatic heterocycles. The highest BCUT2D eigenvalue weighted by molar-refractivity contribution is 6.02. The predicted molar refractivity (Wildman–Crippen MR) is 110 cm³/mol. The normalized spacial score (nSPS) is 17.3. The lowest BCUT2D eigenvalue weighted by molar-refractivity contribution is 0.0604. The molecule has 3 rings (SSSR count). The molecule has 2 aromatic heterocycles. The molecule has 1 fully saturated rings. The minimum atomic E-state index is -0.246. The zero-order valence-corrected chi connectivity index (χ0v) is 17.1. The summed E-state index contributed by atoms with van der Waals surface area (Å²) in [6.07, 6.45) is 6.81. The number of pyridine rings is 1. The van der Waals surface area contributed by atoms with Crippen molar-refractivity contribution in [1.82, 2.24) is 24.5 Å². The highest BCUT2D eigenvalue weighted by Crippen LogP contribution is 2.23. The lowest BCUT2D eigenvalue weighted by Crippen LogP contribution is -2.43. The van der Waals surface area contributed by atoms with Crippen LogP contribution in [0.3, 0.4) is 0 Å². The Morgan fingerprint density at radius 2 is 2.11 bits per heavy atom. The molecule has 1 unspecified atom stereocenters. The van der Waals surface area contributed by atoms with E-state index in [4.69, 9.17) is 0 Å². The highest BCUT2D eigenvalue weighted by atomic mass is 16.2. The van der Waals surface area contributed by atoms with Crippen LogP contribution in [-0.4, -0.2) is 70.8 Å². The van der Waals surface area contributed by atoms with Gasteiger partial charge in [0.15, 0.2) is 5.69 Å². The SMILES string of the molecule is CCC1CCCCN1C(=O)c1nc(C(=O)NCCCN(C)C)n2ccccc12. The number of amides is 2. The molecule has 0 saturated carbocycles. The van der Waals surface area contributed by atoms with Crippen LogP contribution in [-0.2, 0) is 0 Å². The summed E-state index contributed by atoms with van der Waals surface area (Å²) in [4.78, 5) is 34.5. The smallest absolute Gasteiger partial charge is 0.287 e. The third-order valence-corrected chi connectivity index (χ3v) is 5.38. The van der Waals surface area contributed by atoms with Gasteiger partial charge in [0.05, 0.1) is 5.52 Å². The average Bonchev–Trinajstić information content (AvgIpc) is 3.10. The van der Waals surface area contributed by atoms with Gasteiger partial charge in [0, 0.05) is 25.3 Å². The van der Waals surface area contributed by atoms with E-state index < -0.39 is 0 Å². The topological polar surface area (TPSA) is 70.0 Å². The Kier molecular flexibility index (Phi) is 6.67. The molecular weight excluding hydrogens is 354 g/mol. The van der Waals surface area contributed by atoms with Crippen molar-refractivity contribution in [2.24, 2.45) is 0 Å². The number of nitrogens with zero attached hydrogens (tertiary/aromatic N) is 4. The van der Waals surface area contributed by atoms with Gasteiger partial charge in [-0.2, -0.15) is 0 Å². The van der Waals surface area contributed by atoms with E-state index in [9.17, 15) is 9.59 Å². The summed E-state index contributed by atoms with van der Waals surface area (Å²) >= 11 is 0. The third-order valence-electron chi connectivity index (χ3n) is 5.38. The fourth-order valence-corrected chi connectivity index (χ4v) is 3.86. The van der Waals surface area contributed by atoms with Crippen LogP contribution >= 0.6 is 0 Å². The van der Waals surface area contributed by atoms with E-state index in [-0.39, 0.29) is 23.7 Å². The molecule has 1 saturated heterocycles. The van der Waals surface area contributed by atoms with Gasteiger partial charge in [-0.1, -0.05) is 13.0 Å². The number of carbonyl (C=O) groups is 2. The van der Waals surface area contributed by atoms with Gasteiger partial charge in [-0.05, 0) is 64.9 Å². The second kappa shape index (κ2) is 9.19. The zero-order chi connectivity index (χ0) is 20.1. The molecule has 7 heteroatoms. The van der Waals surface area contributed by atoms with Crippen molar-refractivity contribution in [3.05, 3.63) is 35.9 Å². The van der Waals surface area contributed by atoms with Crippen molar-refractivity contribution >= 4 is 17.3 Å². The minimum absolute atomic E-state index is 0.0677. The molecule has 1 atom stereocenters. The number of aromatic nitrogens is 2. The van der Waals surface area contributed by atoms with Gasteiger partial charge in [-0.25, -0.2) is 4.98 Å². The van der Waals surface area contributed by atoms with Crippen LogP contribution in [0.15, 0.2) is 24.4 Å². The summed E-state index contributed by atoms with van der Waals surface area (Å²) in [5.74, 6) is -0.0412. The first-order chi connectivity index (χ1) is 13.5. The maximum Gasteiger partial charge on any atom is 0.287 e. The van der Waals surface area contributed by atoms with Crippen molar-refractivity contribution in [3.63, 3.8) is 0 Å². The van der Waals surface area contributed by atoms with Crippen LogP contribution in [0, 0.1) is 0 Å². The van der Waals surface area contributed by atoms with Crippen LogP contribution in [0.1, 0.15) is 60.1 Å². The highest BCUT2D eigenvalue weighted by Gasteiger charge is 2.30. The van der Waals surface area contributed by atoms with Gasteiger partial charge in [0.2, 0.25) is 5.82 Å². The summed E-state index contributed by atoms with van der Waals surface area (Å²) in [5.41, 5.74) is 1.06. The van der Waals surface area contributed by atoms with Crippen LogP contribution < -0.4 is 5.32 Å². The number of hydrogen-bond donors (Lipinski definition) is 1. The van der Waals surface area contributed by atoms with Crippen molar-refractivity contribution in [1.29, 1.82) is 0 Å². The summed E-state index contributed by atoms with van der Waals surface area (Å²) in [7, 11) is 4.01. The fourth-order valence-electron chi connectivity index (χ4n) is 3.86. The molecule has 28 heavy (non-hydrogen) atoms. The molecule has 0 aliphatic carbocycles. The van der Waals surface area contributed by atoms with Crippen LogP contribution in [0.2, 0.25) is 0 Å². The van der Waals surface area contributed by atoms with E-state index in [2.05, 4.69) is 22.1 Å². The maximum atomic E-state index is 13.3. The molecule has 1 aliphatic rings. The molecule has 3 heterocycles. The second-order valence-electron chi connectivity index (χ2n) is 7.71. The van der Waals surface area contributed by atoms with Crippen molar-refractivity contribution in [2.45, 2.75) is 45.1 Å². The summed E-state index contributed by atoms with van der Waals surface area (Å²) in [5, 5.41) is 2.92. The third kappa shape index (κ3) is 4.35. The van der Waals surface area contributed by atoms with Crippen molar-refractivity contribution < 1.29 is 9.59 Å². The second-order valence-corrected chi connectivity index (χ2v) is 7.71. The summed E-state index contributed by atoms with van der Waals surface area (Å²) in [6, 6.07) is 5.83. The molecule has 0 spiro atoms. The Bertz CT molecular complexity index is 829. The number of rotatable bonds is 7. The first-order valence-corrected chi connectivity index (χ1v) is 10.2. The van der Waals surface area contributed by atoms with Crippen LogP contribution in [0.5, 0.6) is 0 Å². The number of fused-ring (bicyclic) bond motifs is 1. The molecule has 7 nitrogen and oxygen atoms in total. The Balaban J connectivity index is 1.84. The van der Waals surface area contributed by atoms with Gasteiger partial charge >= 0.3 is 0 Å². The summed E-state index contributed by atoms with van der Waals surface area (Å²) < 4.78 is 1.72. The lowest BCUT2D eigenvalue weighted by Gasteiger charge is -2.34. The van der Waals surface area contributed by atoms with E-state index in [1.165, 1.54) is 0 Å². The number of likely N-dealkylation sites (tertiary alicyclic amines) is 1. The number of hydrogen-bond acceptors (Lipinski definition) is 4. The Morgan fingerprint density at radius 1 is 1.29 bits per heavy atom. The van der Waals surface area contributed by atoms with E-state index >= 15 is 0 Å². The summed E-state index contributed by atoms with van der Waals surface area (Å²) in [6.45, 7) is 4.36. The van der Waals surface area contributed by atoms with Gasteiger partial charge in [-0.15, -0.1) is 0 Å². The molecule has 0 bridgehead atoms. The standard InChI is InChI=1S/C21H31N5O2/c1-4-16-10-5-7-14-25(16)21(28)18-17-11-6-8-15-26(17)19(23-18)20(27)22-12-9-13-24(2)3/h6,8,11,15-16H,4-5,7,9-10,12-14H2,1-3H3,(H,22,27). The first kappa shape index (κ1) is 20.3. The zero-order valence-electron chi connectivity index (χ0n) is 17.1. The monoisotopic (exact) mass is 385 g/mol. The Hall–Kier alpha value is -2.41. The van der Waals surface area contributed by atoms with Gasteiger partial charge < -0.3 is 15.1 Å². The fraction of sp³-hybridized carbons (Fsp3) is 0.571. The number of piperidine rings is 1. The minimum Gasteiger partial charge on any atom is -0.349 e. The van der Waals surface area contributed by atoms with Gasteiger partial charge in [-0.3, -0.25) is 14.0 Å². The average molecular weight is 386 g/mol. The van der Waals surface area contributed by atoms with E-state index in [0.29, 0.717) is 17.8 Å². The largest absolute Gasteiger partial charge is 0.349 e. The molecule has 0 aromatic carbocycles. The van der Waals surface area contributed by atoms with E-state index in [1.54, 1.807) is 10.6 Å². The first-order valence-electron chi connectivity index (χ1n) is 10.2. The maximum absolute atomic E-state index is 13.3. The van der Waals surface area contributed by atoms with E-state index in [0.717, 1.165) is 45.2 Å². The van der Waals surface area contributed by atoms with Crippen LogP contribution in [0.25, 0.3) is 5.52 Å². The Labute approximate surface area is 166 Å². The van der Waals surface area contributed by atoms with E-state index in [1.807, 2.05) is 37.2 Å². The van der Waals surface area contributed by atoms with Crippen LogP contribution in [0.4, 0.5) is 0 Å². The van der Waals surface area contributed by atoms with Crippen molar-refractivity contribution in [2.75, 3.05) is 33.7 Å². The number of nitrogens with one attached hydrogen (secondary N) is 1. The molecule has 0 radical (unpaired) electrons. The molecular formula is C21H31N5O2. The molecule has 2 amide bonds. The molecule has 152 valence electrons. The molecule has 2 aromatic rings. The lowest BCUT2D eigenvalue weighted by atomic mass is 9.99. The number of carbonyl (C=O) groups excluding carboxylic acids is 2. The Morgan fingerprint density at radius 3 is 2.86 bits per heavy atom. The van der Waals surface area contributed by atoms with Gasteiger partial charge in [0.1, 0.15) is 0 Å². The quantitative estimate of drug-likeness (QED) is 0.743. The van der Waals surface area contributed by atoms with Gasteiger partial charge in [0.25, 0.3) is 11.8 Å².